The highest BCUT2D eigenvalue weighted by Crippen LogP contribution is 2.50. The van der Waals surface area contributed by atoms with E-state index < -0.39 is 0 Å². The molecular weight excluding hydrogens is 246 g/mol. The standard InChI is InChI=1S/C17H21N3/c1-13(19)10-14-2-3-15-4-9-20(16(15)11-14)12-17(5-6-17)7-8-18/h2-4,9,11,13H,5-7,10,12,19H2,1H3. The number of benzene rings is 1. The van der Waals surface area contributed by atoms with Gasteiger partial charge in [0.15, 0.2) is 0 Å². The Bertz CT molecular complexity index is 656. The number of nitriles is 1. The van der Waals surface area contributed by atoms with Crippen molar-refractivity contribution in [2.75, 3.05) is 0 Å². The topological polar surface area (TPSA) is 54.7 Å². The molecule has 20 heavy (non-hydrogen) atoms. The van der Waals surface area contributed by atoms with E-state index in [2.05, 4.69) is 41.1 Å². The summed E-state index contributed by atoms with van der Waals surface area (Å²) in [7, 11) is 0. The van der Waals surface area contributed by atoms with Crippen LogP contribution in [0.5, 0.6) is 0 Å². The molecule has 2 N–H and O–H groups in total. The van der Waals surface area contributed by atoms with Crippen LogP contribution < -0.4 is 5.73 Å². The minimum atomic E-state index is 0.184. The highest BCUT2D eigenvalue weighted by atomic mass is 15.0. The van der Waals surface area contributed by atoms with Gasteiger partial charge < -0.3 is 10.3 Å². The lowest BCUT2D eigenvalue weighted by atomic mass is 10.0. The molecule has 1 unspecified atom stereocenters. The van der Waals surface area contributed by atoms with Crippen molar-refractivity contribution in [3.63, 3.8) is 0 Å². The molecule has 0 amide bonds. The number of aromatic nitrogens is 1. The molecule has 2 aromatic rings. The van der Waals surface area contributed by atoms with Crippen LogP contribution in [0.3, 0.4) is 0 Å². The first-order chi connectivity index (χ1) is 9.62. The predicted molar refractivity (Wildman–Crippen MR) is 81.2 cm³/mol. The Balaban J connectivity index is 1.89. The van der Waals surface area contributed by atoms with Crippen molar-refractivity contribution in [3.8, 4) is 6.07 Å². The zero-order chi connectivity index (χ0) is 14.2. The summed E-state index contributed by atoms with van der Waals surface area (Å²) in [5.74, 6) is 0. The van der Waals surface area contributed by atoms with Crippen LogP contribution in [0.4, 0.5) is 0 Å². The summed E-state index contributed by atoms with van der Waals surface area (Å²) < 4.78 is 2.31. The smallest absolute Gasteiger partial charge is 0.0628 e. The lowest BCUT2D eigenvalue weighted by Crippen LogP contribution is -2.17. The molecule has 1 aromatic heterocycles. The average molecular weight is 267 g/mol. The monoisotopic (exact) mass is 267 g/mol. The minimum absolute atomic E-state index is 0.184. The largest absolute Gasteiger partial charge is 0.347 e. The van der Waals surface area contributed by atoms with Crippen LogP contribution in [0.2, 0.25) is 0 Å². The Morgan fingerprint density at radius 1 is 1.40 bits per heavy atom. The quantitative estimate of drug-likeness (QED) is 0.904. The first-order valence-corrected chi connectivity index (χ1v) is 7.32. The van der Waals surface area contributed by atoms with Crippen molar-refractivity contribution < 1.29 is 0 Å². The molecule has 3 nitrogen and oxygen atoms in total. The Morgan fingerprint density at radius 3 is 2.85 bits per heavy atom. The predicted octanol–water partition coefficient (Wildman–Crippen LogP) is 3.22. The second-order valence-electron chi connectivity index (χ2n) is 6.35. The molecule has 104 valence electrons. The van der Waals surface area contributed by atoms with E-state index in [0.29, 0.717) is 6.42 Å². The summed E-state index contributed by atoms with van der Waals surface area (Å²) >= 11 is 0. The summed E-state index contributed by atoms with van der Waals surface area (Å²) in [6.45, 7) is 3.00. The summed E-state index contributed by atoms with van der Waals surface area (Å²) in [6.07, 6.45) is 6.09. The minimum Gasteiger partial charge on any atom is -0.347 e. The summed E-state index contributed by atoms with van der Waals surface area (Å²) in [4.78, 5) is 0. The van der Waals surface area contributed by atoms with Crippen molar-refractivity contribution in [1.29, 1.82) is 5.26 Å². The van der Waals surface area contributed by atoms with E-state index in [9.17, 15) is 0 Å². The number of nitrogens with two attached hydrogens (primary N) is 1. The van der Waals surface area contributed by atoms with Crippen molar-refractivity contribution in [2.24, 2.45) is 11.1 Å². The SMILES string of the molecule is CC(N)Cc1ccc2ccn(CC3(CC#N)CC3)c2c1. The van der Waals surface area contributed by atoms with Gasteiger partial charge in [-0.15, -0.1) is 0 Å². The van der Waals surface area contributed by atoms with Gasteiger partial charge in [-0.05, 0) is 49.3 Å². The van der Waals surface area contributed by atoms with Gasteiger partial charge in [0.25, 0.3) is 0 Å². The second-order valence-corrected chi connectivity index (χ2v) is 6.35. The molecule has 0 spiro atoms. The summed E-state index contributed by atoms with van der Waals surface area (Å²) in [6, 6.07) is 11.3. The van der Waals surface area contributed by atoms with Gasteiger partial charge >= 0.3 is 0 Å². The van der Waals surface area contributed by atoms with Gasteiger partial charge in [0.2, 0.25) is 0 Å². The van der Waals surface area contributed by atoms with Gasteiger partial charge in [-0.3, -0.25) is 0 Å². The fraction of sp³-hybridized carbons (Fsp3) is 0.471. The molecule has 0 aliphatic heterocycles. The molecule has 1 heterocycles. The third-order valence-corrected chi connectivity index (χ3v) is 4.31. The van der Waals surface area contributed by atoms with Gasteiger partial charge in [-0.25, -0.2) is 0 Å². The third kappa shape index (κ3) is 2.57. The highest BCUT2D eigenvalue weighted by Gasteiger charge is 2.42. The number of fused-ring (bicyclic) bond motifs is 1. The molecule has 3 heteroatoms. The zero-order valence-corrected chi connectivity index (χ0v) is 12.0. The highest BCUT2D eigenvalue weighted by molar-refractivity contribution is 5.80. The van der Waals surface area contributed by atoms with Crippen LogP contribution in [0.15, 0.2) is 30.5 Å². The Kier molecular flexibility index (Phi) is 3.27. The van der Waals surface area contributed by atoms with Crippen LogP contribution in [-0.2, 0) is 13.0 Å². The van der Waals surface area contributed by atoms with Crippen molar-refractivity contribution >= 4 is 10.9 Å². The first kappa shape index (κ1) is 13.2. The molecule has 0 bridgehead atoms. The molecule has 0 radical (unpaired) electrons. The van der Waals surface area contributed by atoms with Crippen molar-refractivity contribution in [3.05, 3.63) is 36.0 Å². The molecule has 3 rings (SSSR count). The molecule has 1 aliphatic rings. The third-order valence-electron chi connectivity index (χ3n) is 4.31. The fourth-order valence-electron chi connectivity index (χ4n) is 2.96. The van der Waals surface area contributed by atoms with Gasteiger partial charge in [0, 0.05) is 36.1 Å². The number of hydrogen-bond donors (Lipinski definition) is 1. The van der Waals surface area contributed by atoms with Gasteiger partial charge in [-0.1, -0.05) is 12.1 Å². The maximum absolute atomic E-state index is 8.95. The molecule has 1 aromatic carbocycles. The average Bonchev–Trinajstić information content (AvgIpc) is 3.04. The van der Waals surface area contributed by atoms with E-state index in [1.165, 1.54) is 29.3 Å². The van der Waals surface area contributed by atoms with Crippen LogP contribution in [0.1, 0.15) is 31.7 Å². The maximum Gasteiger partial charge on any atom is 0.0628 e. The van der Waals surface area contributed by atoms with Crippen molar-refractivity contribution in [2.45, 2.75) is 45.2 Å². The lowest BCUT2D eigenvalue weighted by Gasteiger charge is -2.14. The molecule has 1 atom stereocenters. The zero-order valence-electron chi connectivity index (χ0n) is 12.0. The van der Waals surface area contributed by atoms with E-state index in [-0.39, 0.29) is 11.5 Å². The molecule has 0 saturated heterocycles. The normalized spacial score (nSPS) is 17.9. The second kappa shape index (κ2) is 4.96. The van der Waals surface area contributed by atoms with E-state index in [1.807, 2.05) is 6.92 Å². The van der Waals surface area contributed by atoms with E-state index in [0.717, 1.165) is 13.0 Å². The van der Waals surface area contributed by atoms with Crippen LogP contribution >= 0.6 is 0 Å². The molecular formula is C17H21N3. The van der Waals surface area contributed by atoms with Crippen LogP contribution in [-0.4, -0.2) is 10.6 Å². The summed E-state index contributed by atoms with van der Waals surface area (Å²) in [5, 5.41) is 10.2. The Labute approximate surface area is 120 Å². The number of nitrogens with zero attached hydrogens (tertiary/aromatic N) is 2. The van der Waals surface area contributed by atoms with Crippen molar-refractivity contribution in [1.82, 2.24) is 4.57 Å². The molecule has 1 saturated carbocycles. The maximum atomic E-state index is 8.95. The van der Waals surface area contributed by atoms with E-state index in [4.69, 9.17) is 11.0 Å². The summed E-state index contributed by atoms with van der Waals surface area (Å²) in [5.41, 5.74) is 8.68. The number of rotatable bonds is 5. The van der Waals surface area contributed by atoms with Gasteiger partial charge in [0.1, 0.15) is 0 Å². The van der Waals surface area contributed by atoms with Crippen LogP contribution in [0, 0.1) is 16.7 Å². The fourth-order valence-corrected chi connectivity index (χ4v) is 2.96. The Hall–Kier alpha value is -1.79. The van der Waals surface area contributed by atoms with Crippen LogP contribution in [0.25, 0.3) is 10.9 Å². The van der Waals surface area contributed by atoms with Gasteiger partial charge in [-0.2, -0.15) is 5.26 Å². The molecule has 1 fully saturated rings. The van der Waals surface area contributed by atoms with Gasteiger partial charge in [0.05, 0.1) is 6.07 Å². The molecule has 1 aliphatic carbocycles. The lowest BCUT2D eigenvalue weighted by molar-refractivity contribution is 0.439. The Morgan fingerprint density at radius 2 is 2.20 bits per heavy atom. The number of hydrogen-bond acceptors (Lipinski definition) is 2. The van der Waals surface area contributed by atoms with E-state index >= 15 is 0 Å². The first-order valence-electron chi connectivity index (χ1n) is 7.32. The van der Waals surface area contributed by atoms with E-state index in [1.54, 1.807) is 0 Å².